The number of hydrogen-bond acceptors (Lipinski definition) is 4. The van der Waals surface area contributed by atoms with Crippen LogP contribution in [0.3, 0.4) is 0 Å². The third kappa shape index (κ3) is 6.45. The van der Waals surface area contributed by atoms with Gasteiger partial charge < -0.3 is 9.16 Å². The Hall–Kier alpha value is -2.54. The van der Waals surface area contributed by atoms with Gasteiger partial charge in [0.15, 0.2) is 8.32 Å². The van der Waals surface area contributed by atoms with Crippen LogP contribution in [0.15, 0.2) is 103 Å². The van der Waals surface area contributed by atoms with Crippen LogP contribution in [0, 0.1) is 0 Å². The van der Waals surface area contributed by atoms with Crippen LogP contribution in [-0.4, -0.2) is 70.2 Å². The first kappa shape index (κ1) is 29.9. The minimum Gasteiger partial charge on any atom is -0.410 e. The zero-order chi connectivity index (χ0) is 28.9. The Morgan fingerprint density at radius 3 is 1.73 bits per heavy atom. The van der Waals surface area contributed by atoms with Gasteiger partial charge in [0.1, 0.15) is 0 Å². The molecular weight excluding hydrogens is 520 g/mol. The van der Waals surface area contributed by atoms with Crippen molar-refractivity contribution in [3.8, 4) is 0 Å². The van der Waals surface area contributed by atoms with Gasteiger partial charge in [-0.2, -0.15) is 0 Å². The lowest BCUT2D eigenvalue weighted by Gasteiger charge is -2.50. The molecule has 0 aliphatic carbocycles. The summed E-state index contributed by atoms with van der Waals surface area (Å²) in [5.74, 6) is 0. The van der Waals surface area contributed by atoms with E-state index in [-0.39, 0.29) is 11.1 Å². The van der Waals surface area contributed by atoms with Crippen molar-refractivity contribution in [1.82, 2.24) is 9.80 Å². The smallest absolute Gasteiger partial charge is 0.192 e. The quantitative estimate of drug-likeness (QED) is 0.161. The topological polar surface area (TPSA) is 24.9 Å². The predicted octanol–water partition coefficient (Wildman–Crippen LogP) is 7.33. The van der Waals surface area contributed by atoms with E-state index in [1.807, 2.05) is 0 Å². The van der Waals surface area contributed by atoms with Gasteiger partial charge in [0.05, 0.1) is 24.9 Å². The number of likely N-dealkylation sites (tertiary alicyclic amines) is 1. The van der Waals surface area contributed by atoms with Gasteiger partial charge in [0.2, 0.25) is 0 Å². The maximum Gasteiger partial charge on any atom is 0.192 e. The van der Waals surface area contributed by atoms with E-state index in [0.29, 0.717) is 0 Å². The van der Waals surface area contributed by atoms with E-state index in [4.69, 9.17) is 9.16 Å². The average Bonchev–Trinajstić information content (AvgIpc) is 2.99. The molecule has 0 amide bonds. The van der Waals surface area contributed by atoms with Gasteiger partial charge >= 0.3 is 0 Å². The van der Waals surface area contributed by atoms with Crippen LogP contribution in [0.4, 0.5) is 0 Å². The molecule has 2 saturated heterocycles. The summed E-state index contributed by atoms with van der Waals surface area (Å²) in [6, 6.07) is 33.2. The van der Waals surface area contributed by atoms with Crippen LogP contribution < -0.4 is 0 Å². The molecule has 0 radical (unpaired) electrons. The van der Waals surface area contributed by atoms with Crippen LogP contribution in [-0.2, 0) is 14.7 Å². The third-order valence-corrected chi connectivity index (χ3v) is 13.9. The molecule has 4 nitrogen and oxygen atoms in total. The molecule has 2 heterocycles. The van der Waals surface area contributed by atoms with Crippen LogP contribution >= 0.6 is 0 Å². The van der Waals surface area contributed by atoms with Gasteiger partial charge in [-0.15, -0.1) is 0 Å². The largest absolute Gasteiger partial charge is 0.410 e. The van der Waals surface area contributed by atoms with E-state index in [0.717, 1.165) is 52.4 Å². The van der Waals surface area contributed by atoms with Crippen molar-refractivity contribution in [2.75, 3.05) is 45.9 Å². The van der Waals surface area contributed by atoms with E-state index in [2.05, 4.69) is 141 Å². The molecule has 3 aromatic rings. The van der Waals surface area contributed by atoms with E-state index in [1.54, 1.807) is 0 Å². The molecule has 0 spiro atoms. The molecule has 5 rings (SSSR count). The maximum atomic E-state index is 7.17. The Morgan fingerprint density at radius 1 is 0.780 bits per heavy atom. The van der Waals surface area contributed by atoms with E-state index < -0.39 is 13.9 Å². The minimum absolute atomic E-state index is 0.146. The first-order chi connectivity index (χ1) is 19.7. The van der Waals surface area contributed by atoms with Gasteiger partial charge in [-0.1, -0.05) is 118 Å². The summed E-state index contributed by atoms with van der Waals surface area (Å²) in [5, 5.41) is 0.168. The SMILES string of the molecule is CC(C)(C)[Si](C)(C)OC1CCN(C(c2ccccc2)(c2ccccc2)c2ccccc2)C/C1=C\CN1CCOCC1. The molecule has 0 bridgehead atoms. The minimum atomic E-state index is -1.96. The number of piperidine rings is 1. The lowest BCUT2D eigenvalue weighted by molar-refractivity contribution is 0.0427. The fraction of sp³-hybridized carbons (Fsp3) is 0.444. The molecule has 2 aliphatic heterocycles. The first-order valence-corrected chi connectivity index (χ1v) is 18.2. The van der Waals surface area contributed by atoms with Crippen LogP contribution in [0.2, 0.25) is 18.1 Å². The second-order valence-electron chi connectivity index (χ2n) is 13.1. The Morgan fingerprint density at radius 2 is 1.27 bits per heavy atom. The van der Waals surface area contributed by atoms with Crippen molar-refractivity contribution in [2.24, 2.45) is 0 Å². The van der Waals surface area contributed by atoms with Crippen molar-refractivity contribution >= 4 is 8.32 Å². The molecule has 0 saturated carbocycles. The summed E-state index contributed by atoms with van der Waals surface area (Å²) in [7, 11) is -1.96. The van der Waals surface area contributed by atoms with E-state index in [1.165, 1.54) is 22.3 Å². The number of nitrogens with zero attached hydrogens (tertiary/aromatic N) is 2. The fourth-order valence-electron chi connectivity index (χ4n) is 6.12. The second kappa shape index (κ2) is 12.8. The molecule has 3 aromatic carbocycles. The zero-order valence-electron chi connectivity index (χ0n) is 25.7. The average molecular weight is 569 g/mol. The summed E-state index contributed by atoms with van der Waals surface area (Å²) in [6.45, 7) is 18.2. The van der Waals surface area contributed by atoms with Crippen molar-refractivity contribution in [3.63, 3.8) is 0 Å². The van der Waals surface area contributed by atoms with Crippen LogP contribution in [0.25, 0.3) is 0 Å². The normalized spacial score (nSPS) is 20.8. The summed E-state index contributed by atoms with van der Waals surface area (Å²) in [4.78, 5) is 5.22. The highest BCUT2D eigenvalue weighted by atomic mass is 28.4. The van der Waals surface area contributed by atoms with Gasteiger partial charge in [-0.3, -0.25) is 9.80 Å². The number of rotatable bonds is 8. The lowest BCUT2D eigenvalue weighted by atomic mass is 9.74. The number of ether oxygens (including phenoxy) is 1. The molecule has 2 aliphatic rings. The van der Waals surface area contributed by atoms with Gasteiger partial charge in [0, 0.05) is 32.7 Å². The molecular formula is C36H48N2O2Si. The van der Waals surface area contributed by atoms with Crippen molar-refractivity contribution in [1.29, 1.82) is 0 Å². The molecule has 1 unspecified atom stereocenters. The summed E-state index contributed by atoms with van der Waals surface area (Å²) in [6.07, 6.45) is 3.62. The van der Waals surface area contributed by atoms with Gasteiger partial charge in [-0.25, -0.2) is 0 Å². The summed E-state index contributed by atoms with van der Waals surface area (Å²) in [5.41, 5.74) is 4.90. The Kier molecular flexibility index (Phi) is 9.32. The van der Waals surface area contributed by atoms with E-state index >= 15 is 0 Å². The molecule has 1 atom stereocenters. The Labute approximate surface area is 249 Å². The van der Waals surface area contributed by atoms with Crippen molar-refractivity contribution in [3.05, 3.63) is 119 Å². The molecule has 41 heavy (non-hydrogen) atoms. The van der Waals surface area contributed by atoms with Gasteiger partial charge in [0.25, 0.3) is 0 Å². The van der Waals surface area contributed by atoms with Crippen LogP contribution in [0.1, 0.15) is 43.9 Å². The fourth-order valence-corrected chi connectivity index (χ4v) is 7.46. The highest BCUT2D eigenvalue weighted by molar-refractivity contribution is 6.74. The number of benzene rings is 3. The standard InChI is InChI=1S/C36H48N2O2Si/c1-35(2,3)41(4,5)40-34-22-24-38(29-30(34)21-23-37-25-27-39-28-26-37)36(31-15-9-6-10-16-31,32-17-11-7-12-18-32)33-19-13-8-14-20-33/h6-21,34H,22-29H2,1-5H3/b30-21+. The monoisotopic (exact) mass is 568 g/mol. The Bertz CT molecular complexity index is 1170. The highest BCUT2D eigenvalue weighted by Crippen LogP contribution is 2.45. The third-order valence-electron chi connectivity index (χ3n) is 9.46. The highest BCUT2D eigenvalue weighted by Gasteiger charge is 2.46. The Balaban J connectivity index is 1.59. The summed E-state index contributed by atoms with van der Waals surface area (Å²) < 4.78 is 12.8. The molecule has 218 valence electrons. The molecule has 0 aromatic heterocycles. The van der Waals surface area contributed by atoms with Crippen LogP contribution in [0.5, 0.6) is 0 Å². The zero-order valence-corrected chi connectivity index (χ0v) is 26.7. The molecule has 5 heteroatoms. The van der Waals surface area contributed by atoms with E-state index in [9.17, 15) is 0 Å². The lowest BCUT2D eigenvalue weighted by Crippen LogP contribution is -2.55. The predicted molar refractivity (Wildman–Crippen MR) is 173 cm³/mol. The maximum absolute atomic E-state index is 7.17. The second-order valence-corrected chi connectivity index (χ2v) is 17.8. The number of hydrogen-bond donors (Lipinski definition) is 0. The summed E-state index contributed by atoms with van der Waals surface area (Å²) >= 11 is 0. The van der Waals surface area contributed by atoms with Gasteiger partial charge in [-0.05, 0) is 46.8 Å². The van der Waals surface area contributed by atoms with Crippen molar-refractivity contribution < 1.29 is 9.16 Å². The van der Waals surface area contributed by atoms with Crippen molar-refractivity contribution in [2.45, 2.75) is 57.0 Å². The number of morpholine rings is 1. The molecule has 2 fully saturated rings. The first-order valence-electron chi connectivity index (χ1n) is 15.3. The molecule has 0 N–H and O–H groups in total.